The molecule has 0 spiro atoms. The molecule has 0 aromatic carbocycles. The molecule has 4 heterocycles. The number of fused-ring (bicyclic) bond motifs is 1. The molecule has 2 amide bonds. The van der Waals surface area contributed by atoms with Crippen molar-refractivity contribution in [3.63, 3.8) is 0 Å². The Balaban J connectivity index is 1.41. The predicted molar refractivity (Wildman–Crippen MR) is 117 cm³/mol. The predicted octanol–water partition coefficient (Wildman–Crippen LogP) is 0.515. The van der Waals surface area contributed by atoms with Crippen molar-refractivity contribution in [2.75, 3.05) is 17.3 Å². The quantitative estimate of drug-likeness (QED) is 0.394. The number of carboxylic acids is 1. The number of aliphatic carboxylic acids is 1. The minimum absolute atomic E-state index is 0.0511. The van der Waals surface area contributed by atoms with Gasteiger partial charge in [0, 0.05) is 18.6 Å². The van der Waals surface area contributed by atoms with Gasteiger partial charge in [0.1, 0.15) is 29.2 Å². The van der Waals surface area contributed by atoms with Crippen molar-refractivity contribution in [1.82, 2.24) is 25.0 Å². The first-order valence-corrected chi connectivity index (χ1v) is 13.2. The summed E-state index contributed by atoms with van der Waals surface area (Å²) in [6, 6.07) is 2.60. The number of aryl methyl sites for hydroxylation is 1. The Bertz CT molecular complexity index is 1080. The summed E-state index contributed by atoms with van der Waals surface area (Å²) in [6.07, 6.45) is 1.55. The van der Waals surface area contributed by atoms with Crippen LogP contribution in [0.25, 0.3) is 0 Å². The third-order valence-corrected chi connectivity index (χ3v) is 9.40. The maximum atomic E-state index is 12.7. The number of thiophene rings is 1. The second-order valence-electron chi connectivity index (χ2n) is 6.62. The monoisotopic (exact) mass is 499 g/mol. The zero-order valence-electron chi connectivity index (χ0n) is 16.1. The van der Waals surface area contributed by atoms with Gasteiger partial charge in [0.25, 0.3) is 5.91 Å². The molecule has 1 saturated heterocycles. The van der Waals surface area contributed by atoms with Crippen molar-refractivity contribution in [1.29, 1.82) is 0 Å². The Kier molecular flexibility index (Phi) is 6.50. The Hall–Kier alpha value is -2.16. The van der Waals surface area contributed by atoms with Crippen molar-refractivity contribution in [3.05, 3.63) is 35.1 Å². The zero-order valence-corrected chi connectivity index (χ0v) is 19.4. The second-order valence-corrected chi connectivity index (χ2v) is 11.3. The maximum absolute atomic E-state index is 12.7. The summed E-state index contributed by atoms with van der Waals surface area (Å²) in [4.78, 5) is 42.2. The van der Waals surface area contributed by atoms with Crippen molar-refractivity contribution in [2.24, 2.45) is 7.05 Å². The fourth-order valence-electron chi connectivity index (χ4n) is 3.13. The molecule has 31 heavy (non-hydrogen) atoms. The number of hydrogen-bond acceptors (Lipinski definition) is 9. The Morgan fingerprint density at radius 1 is 1.45 bits per heavy atom. The van der Waals surface area contributed by atoms with Crippen LogP contribution in [0, 0.1) is 0 Å². The van der Waals surface area contributed by atoms with Gasteiger partial charge in [-0.15, -0.1) is 28.2 Å². The molecular weight excluding hydrogens is 482 g/mol. The number of nitrogens with one attached hydrogen (secondary N) is 1. The van der Waals surface area contributed by atoms with Crippen molar-refractivity contribution in [3.8, 4) is 0 Å². The van der Waals surface area contributed by atoms with E-state index < -0.39 is 40.0 Å². The largest absolute Gasteiger partial charge is 0.477 e. The van der Waals surface area contributed by atoms with Crippen LogP contribution >= 0.6 is 34.9 Å². The van der Waals surface area contributed by atoms with Crippen molar-refractivity contribution >= 4 is 63.4 Å². The lowest BCUT2D eigenvalue weighted by molar-refractivity contribution is -0.150. The van der Waals surface area contributed by atoms with Gasteiger partial charge in [-0.25, -0.2) is 9.78 Å². The van der Waals surface area contributed by atoms with Crippen molar-refractivity contribution in [2.45, 2.75) is 20.8 Å². The van der Waals surface area contributed by atoms with Crippen LogP contribution in [-0.2, 0) is 32.2 Å². The Morgan fingerprint density at radius 3 is 2.90 bits per heavy atom. The first-order chi connectivity index (χ1) is 14.8. The highest BCUT2D eigenvalue weighted by atomic mass is 32.2. The van der Waals surface area contributed by atoms with E-state index in [9.17, 15) is 23.7 Å². The second kappa shape index (κ2) is 9.14. The van der Waals surface area contributed by atoms with Crippen LogP contribution in [0.1, 0.15) is 0 Å². The molecule has 0 radical (unpaired) electrons. The Morgan fingerprint density at radius 2 is 2.26 bits per heavy atom. The molecule has 10 nitrogen and oxygen atoms in total. The summed E-state index contributed by atoms with van der Waals surface area (Å²) in [5.41, 5.74) is 0.549. The zero-order chi connectivity index (χ0) is 22.1. The molecule has 0 aliphatic carbocycles. The number of hydrogen-bond donors (Lipinski definition) is 2. The van der Waals surface area contributed by atoms with E-state index in [0.29, 0.717) is 26.4 Å². The number of carbonyl (C=O) groups is 3. The molecule has 3 unspecified atom stereocenters. The molecule has 0 saturated carbocycles. The number of amides is 2. The molecule has 2 aromatic heterocycles. The van der Waals surface area contributed by atoms with Crippen molar-refractivity contribution < 1.29 is 23.7 Å². The first kappa shape index (κ1) is 22.0. The van der Waals surface area contributed by atoms with Gasteiger partial charge in [-0.3, -0.25) is 23.4 Å². The van der Waals surface area contributed by atoms with Crippen LogP contribution in [0.3, 0.4) is 0 Å². The highest BCUT2D eigenvalue weighted by Gasteiger charge is 2.54. The van der Waals surface area contributed by atoms with Crippen LogP contribution in [0.15, 0.2) is 44.5 Å². The number of thioether (sulfide) groups is 2. The molecule has 4 rings (SSSR count). The van der Waals surface area contributed by atoms with Gasteiger partial charge in [-0.1, -0.05) is 17.8 Å². The molecule has 14 heteroatoms. The van der Waals surface area contributed by atoms with E-state index in [0.717, 1.165) is 0 Å². The van der Waals surface area contributed by atoms with Crippen LogP contribution in [0.2, 0.25) is 0 Å². The van der Waals surface area contributed by atoms with E-state index in [-0.39, 0.29) is 11.4 Å². The summed E-state index contributed by atoms with van der Waals surface area (Å²) in [7, 11) is 0.257. The van der Waals surface area contributed by atoms with Gasteiger partial charge >= 0.3 is 5.97 Å². The number of aromatic nitrogens is 3. The third-order valence-electron chi connectivity index (χ3n) is 4.50. The highest BCUT2D eigenvalue weighted by molar-refractivity contribution is 8.01. The number of β-lactam (4-membered cyclic amide) rings is 1. The summed E-state index contributed by atoms with van der Waals surface area (Å²) < 4.78 is 14.3. The van der Waals surface area contributed by atoms with Gasteiger partial charge in [0.15, 0.2) is 0 Å². The lowest BCUT2D eigenvalue weighted by atomic mass is 10.0. The fraction of sp³-hybridized carbons (Fsp3) is 0.353. The van der Waals surface area contributed by atoms with Gasteiger partial charge in [-0.2, -0.15) is 0 Å². The smallest absolute Gasteiger partial charge is 0.352 e. The first-order valence-electron chi connectivity index (χ1n) is 8.95. The normalized spacial score (nSPS) is 21.5. The maximum Gasteiger partial charge on any atom is 0.352 e. The molecule has 2 aromatic rings. The SMILES string of the molecule is Cn1cnc(SCC2=C(C(=O)O)N3C(=O)C(NC(=O)CS(=O)c4cccs4)C3SC2)n1. The van der Waals surface area contributed by atoms with E-state index in [4.69, 9.17) is 0 Å². The average molecular weight is 500 g/mol. The molecule has 2 N–H and O–H groups in total. The fourth-order valence-corrected chi connectivity index (χ4v) is 7.37. The summed E-state index contributed by atoms with van der Waals surface area (Å²) >= 11 is 3.98. The number of nitrogens with zero attached hydrogens (tertiary/aromatic N) is 4. The lowest BCUT2D eigenvalue weighted by Gasteiger charge is -2.49. The average Bonchev–Trinajstić information content (AvgIpc) is 3.41. The van der Waals surface area contributed by atoms with Crippen LogP contribution in [0.4, 0.5) is 0 Å². The summed E-state index contributed by atoms with van der Waals surface area (Å²) in [6.45, 7) is 0. The van der Waals surface area contributed by atoms with Crippen LogP contribution in [0.5, 0.6) is 0 Å². The minimum atomic E-state index is -1.48. The molecule has 3 atom stereocenters. The summed E-state index contributed by atoms with van der Waals surface area (Å²) in [5.74, 6) is -1.68. The van der Waals surface area contributed by atoms with Crippen LogP contribution < -0.4 is 5.32 Å². The topological polar surface area (TPSA) is 134 Å². The van der Waals surface area contributed by atoms with Gasteiger partial charge in [0.2, 0.25) is 11.1 Å². The Labute approximate surface area is 191 Å². The van der Waals surface area contributed by atoms with Crippen LogP contribution in [-0.4, -0.2) is 75.4 Å². The van der Waals surface area contributed by atoms with Gasteiger partial charge in [0.05, 0.1) is 15.0 Å². The van der Waals surface area contributed by atoms with E-state index in [1.807, 2.05) is 0 Å². The molecule has 2 aliphatic rings. The molecular formula is C17H17N5O5S4. The molecule has 2 aliphatic heterocycles. The lowest BCUT2D eigenvalue weighted by Crippen LogP contribution is -2.70. The molecule has 0 bridgehead atoms. The highest BCUT2D eigenvalue weighted by Crippen LogP contribution is 2.41. The molecule has 1 fully saturated rings. The standard InChI is InChI=1S/C17H17N5O5S4/c1-21-8-18-17(20-21)30-6-9-5-29-15-12(14(24)22(15)13(9)16(25)26)19-10(23)7-31(27)11-3-2-4-28-11/h2-4,8,12,15H,5-7H2,1H3,(H,19,23)(H,25,26). The van der Waals surface area contributed by atoms with E-state index in [1.54, 1.807) is 35.6 Å². The number of carbonyl (C=O) groups excluding carboxylic acids is 2. The van der Waals surface area contributed by atoms with E-state index >= 15 is 0 Å². The minimum Gasteiger partial charge on any atom is -0.477 e. The van der Waals surface area contributed by atoms with Gasteiger partial charge in [-0.05, 0) is 17.0 Å². The van der Waals surface area contributed by atoms with E-state index in [2.05, 4.69) is 15.4 Å². The molecule has 164 valence electrons. The van der Waals surface area contributed by atoms with E-state index in [1.165, 1.54) is 39.8 Å². The summed E-state index contributed by atoms with van der Waals surface area (Å²) in [5, 5.41) is 18.3. The number of carboxylic acid groups (broad SMARTS) is 1. The number of rotatable bonds is 8. The third kappa shape index (κ3) is 4.56. The van der Waals surface area contributed by atoms with Gasteiger partial charge < -0.3 is 10.4 Å².